The van der Waals surface area contributed by atoms with Crippen LogP contribution in [-0.4, -0.2) is 54.7 Å². The Balaban J connectivity index is 1.65. The van der Waals surface area contributed by atoms with Crippen molar-refractivity contribution in [1.82, 2.24) is 9.88 Å². The molecule has 1 saturated heterocycles. The molecule has 0 unspecified atom stereocenters. The lowest BCUT2D eigenvalue weighted by atomic mass is 9.77. The fraction of sp³-hybridized carbons (Fsp3) is 0.455. The van der Waals surface area contributed by atoms with Gasteiger partial charge >= 0.3 is 11.9 Å². The number of rotatable bonds is 3. The molecule has 2 aromatic rings. The number of aromatic nitrogens is 1. The van der Waals surface area contributed by atoms with Crippen LogP contribution in [0.15, 0.2) is 29.3 Å². The van der Waals surface area contributed by atoms with Gasteiger partial charge in [0.15, 0.2) is 0 Å². The lowest BCUT2D eigenvalue weighted by Gasteiger charge is -2.47. The number of methoxy groups -OCH3 is 2. The maximum absolute atomic E-state index is 12.6. The van der Waals surface area contributed by atoms with E-state index in [0.29, 0.717) is 19.4 Å². The second-order valence-electron chi connectivity index (χ2n) is 7.92. The molecule has 152 valence electrons. The van der Waals surface area contributed by atoms with E-state index < -0.39 is 17.5 Å². The molecule has 0 amide bonds. The van der Waals surface area contributed by atoms with Gasteiger partial charge < -0.3 is 19.2 Å². The van der Waals surface area contributed by atoms with Gasteiger partial charge in [0.1, 0.15) is 16.9 Å². The van der Waals surface area contributed by atoms with Crippen molar-refractivity contribution in [2.75, 3.05) is 27.3 Å². The highest BCUT2D eigenvalue weighted by Crippen LogP contribution is 2.50. The third kappa shape index (κ3) is 2.40. The van der Waals surface area contributed by atoms with Crippen LogP contribution in [0.5, 0.6) is 5.75 Å². The Labute approximate surface area is 168 Å². The molecule has 0 bridgehead atoms. The van der Waals surface area contributed by atoms with Crippen LogP contribution in [0, 0.1) is 0 Å². The number of esters is 2. The van der Waals surface area contributed by atoms with Gasteiger partial charge in [-0.15, -0.1) is 0 Å². The molecule has 1 N–H and O–H groups in total. The zero-order chi connectivity index (χ0) is 20.3. The Morgan fingerprint density at radius 3 is 2.93 bits per heavy atom. The van der Waals surface area contributed by atoms with Gasteiger partial charge in [-0.1, -0.05) is 13.0 Å². The molecule has 0 radical (unpaired) electrons. The minimum atomic E-state index is -0.738. The van der Waals surface area contributed by atoms with Crippen molar-refractivity contribution in [2.45, 2.75) is 37.8 Å². The van der Waals surface area contributed by atoms with Crippen molar-refractivity contribution in [1.29, 1.82) is 0 Å². The van der Waals surface area contributed by atoms with Crippen LogP contribution in [0.1, 0.15) is 37.1 Å². The molecule has 1 fully saturated rings. The number of nitrogens with zero attached hydrogens (tertiary/aromatic N) is 1. The van der Waals surface area contributed by atoms with E-state index in [9.17, 15) is 9.59 Å². The molecular formula is C22H24N2O5. The molecule has 1 aromatic heterocycles. The van der Waals surface area contributed by atoms with Crippen LogP contribution < -0.4 is 4.74 Å². The predicted octanol–water partition coefficient (Wildman–Crippen LogP) is 2.65. The molecule has 29 heavy (non-hydrogen) atoms. The molecule has 2 atom stereocenters. The van der Waals surface area contributed by atoms with E-state index in [1.54, 1.807) is 7.11 Å². The van der Waals surface area contributed by atoms with Gasteiger partial charge in [0.25, 0.3) is 0 Å². The summed E-state index contributed by atoms with van der Waals surface area (Å²) in [5.41, 5.74) is 3.55. The van der Waals surface area contributed by atoms with Gasteiger partial charge in [0.2, 0.25) is 0 Å². The topological polar surface area (TPSA) is 80.9 Å². The summed E-state index contributed by atoms with van der Waals surface area (Å²) < 4.78 is 16.3. The molecule has 0 aliphatic carbocycles. The Bertz CT molecular complexity index is 1070. The third-order valence-corrected chi connectivity index (χ3v) is 6.73. The van der Waals surface area contributed by atoms with Crippen LogP contribution in [-0.2, 0) is 25.5 Å². The minimum Gasteiger partial charge on any atom is -0.496 e. The molecule has 3 aliphatic heterocycles. The molecule has 0 saturated carbocycles. The predicted molar refractivity (Wildman–Crippen MR) is 106 cm³/mol. The van der Waals surface area contributed by atoms with E-state index in [-0.39, 0.29) is 11.6 Å². The number of hydrogen-bond acceptors (Lipinski definition) is 6. The number of nitrogens with one attached hydrogen (secondary N) is 1. The van der Waals surface area contributed by atoms with Crippen molar-refractivity contribution >= 4 is 22.8 Å². The highest BCUT2D eigenvalue weighted by molar-refractivity contribution is 6.16. The summed E-state index contributed by atoms with van der Waals surface area (Å²) in [6.07, 6.45) is 2.08. The smallest absolute Gasteiger partial charge is 0.346 e. The number of carbonyl (C=O) groups is 2. The van der Waals surface area contributed by atoms with Crippen LogP contribution >= 0.6 is 0 Å². The zero-order valence-electron chi connectivity index (χ0n) is 16.8. The molecule has 7 heteroatoms. The summed E-state index contributed by atoms with van der Waals surface area (Å²) in [7, 11) is 2.99. The van der Waals surface area contributed by atoms with Crippen LogP contribution in [0.2, 0.25) is 0 Å². The summed E-state index contributed by atoms with van der Waals surface area (Å²) in [5.74, 6) is -0.309. The SMILES string of the molecule is CC[C@]12CN3CCc4c([nH]c5cccc(OC)c45)[C@@H]3CC1=C(C(=O)OC)C(=O)O2. The van der Waals surface area contributed by atoms with Crippen molar-refractivity contribution in [2.24, 2.45) is 0 Å². The van der Waals surface area contributed by atoms with E-state index in [4.69, 9.17) is 14.2 Å². The lowest BCUT2D eigenvalue weighted by molar-refractivity contribution is -0.153. The molecule has 1 aromatic carbocycles. The second-order valence-corrected chi connectivity index (χ2v) is 7.92. The van der Waals surface area contributed by atoms with E-state index in [1.807, 2.05) is 19.1 Å². The summed E-state index contributed by atoms with van der Waals surface area (Å²) in [6, 6.07) is 6.07. The van der Waals surface area contributed by atoms with Crippen LogP contribution in [0.4, 0.5) is 0 Å². The van der Waals surface area contributed by atoms with E-state index >= 15 is 0 Å². The highest BCUT2D eigenvalue weighted by Gasteiger charge is 2.55. The number of ether oxygens (including phenoxy) is 3. The van der Waals surface area contributed by atoms with E-state index in [1.165, 1.54) is 12.7 Å². The van der Waals surface area contributed by atoms with Crippen molar-refractivity contribution < 1.29 is 23.8 Å². The number of hydrogen-bond donors (Lipinski definition) is 1. The molecule has 3 aliphatic rings. The number of aromatic amines is 1. The molecule has 7 nitrogen and oxygen atoms in total. The fourth-order valence-corrected chi connectivity index (χ4v) is 5.31. The average Bonchev–Trinajstić information content (AvgIpc) is 3.26. The molecule has 5 rings (SSSR count). The summed E-state index contributed by atoms with van der Waals surface area (Å²) >= 11 is 0. The Kier molecular flexibility index (Phi) is 4.00. The second kappa shape index (κ2) is 6.35. The molecule has 4 heterocycles. The standard InChI is InChI=1S/C22H24N2O5/c1-4-22-11-24-9-8-12-17-14(6-5-7-16(17)27-2)23-19(12)15(24)10-13(22)18(20(25)28-3)21(26)29-22/h5-7,15,23H,4,8-11H2,1-3H3/t15-,22-/m0/s1. The monoisotopic (exact) mass is 396 g/mol. The minimum absolute atomic E-state index is 0.0553. The first-order chi connectivity index (χ1) is 14.0. The summed E-state index contributed by atoms with van der Waals surface area (Å²) in [6.45, 7) is 3.45. The first-order valence-electron chi connectivity index (χ1n) is 9.99. The van der Waals surface area contributed by atoms with Crippen molar-refractivity contribution in [3.63, 3.8) is 0 Å². The van der Waals surface area contributed by atoms with Crippen LogP contribution in [0.25, 0.3) is 10.9 Å². The fourth-order valence-electron chi connectivity index (χ4n) is 5.31. The van der Waals surface area contributed by atoms with Crippen LogP contribution in [0.3, 0.4) is 0 Å². The molecular weight excluding hydrogens is 372 g/mol. The van der Waals surface area contributed by atoms with Gasteiger partial charge in [-0.25, -0.2) is 9.59 Å². The highest BCUT2D eigenvalue weighted by atomic mass is 16.6. The number of fused-ring (bicyclic) bond motifs is 6. The van der Waals surface area contributed by atoms with E-state index in [2.05, 4.69) is 16.0 Å². The largest absolute Gasteiger partial charge is 0.496 e. The lowest BCUT2D eigenvalue weighted by Crippen LogP contribution is -2.52. The van der Waals surface area contributed by atoms with Gasteiger partial charge in [-0.3, -0.25) is 4.90 Å². The maximum Gasteiger partial charge on any atom is 0.346 e. The zero-order valence-corrected chi connectivity index (χ0v) is 16.8. The summed E-state index contributed by atoms with van der Waals surface area (Å²) in [4.78, 5) is 30.9. The van der Waals surface area contributed by atoms with Gasteiger partial charge in [-0.2, -0.15) is 0 Å². The first kappa shape index (κ1) is 18.2. The van der Waals surface area contributed by atoms with Gasteiger partial charge in [-0.05, 0) is 42.5 Å². The van der Waals surface area contributed by atoms with Crippen molar-refractivity contribution in [3.8, 4) is 5.75 Å². The Hall–Kier alpha value is -2.80. The quantitative estimate of drug-likeness (QED) is 0.635. The first-order valence-corrected chi connectivity index (χ1v) is 9.99. The van der Waals surface area contributed by atoms with Gasteiger partial charge in [0.05, 0.1) is 20.3 Å². The number of piperidine rings is 1. The Morgan fingerprint density at radius 1 is 1.38 bits per heavy atom. The normalized spacial score (nSPS) is 26.0. The summed E-state index contributed by atoms with van der Waals surface area (Å²) in [5, 5.41) is 1.12. The molecule has 0 spiro atoms. The maximum atomic E-state index is 12.6. The average molecular weight is 396 g/mol. The number of H-pyrrole nitrogens is 1. The van der Waals surface area contributed by atoms with Gasteiger partial charge in [0, 0.05) is 29.7 Å². The number of benzene rings is 1. The number of carbonyl (C=O) groups excluding carboxylic acids is 2. The third-order valence-electron chi connectivity index (χ3n) is 6.73. The Morgan fingerprint density at radius 2 is 2.21 bits per heavy atom. The van der Waals surface area contributed by atoms with Crippen molar-refractivity contribution in [3.05, 3.63) is 40.6 Å². The van der Waals surface area contributed by atoms with E-state index in [0.717, 1.165) is 40.9 Å².